The molecule has 1 N–H and O–H groups in total. The topological polar surface area (TPSA) is 69.3 Å². The van der Waals surface area contributed by atoms with E-state index in [-0.39, 0.29) is 17.8 Å². The number of nitriles is 1. The maximum Gasteiger partial charge on any atom is 0.243 e. The zero-order chi connectivity index (χ0) is 14.7. The van der Waals surface area contributed by atoms with E-state index in [1.807, 2.05) is 13.8 Å². The summed E-state index contributed by atoms with van der Waals surface area (Å²) >= 11 is 0. The number of anilines is 1. The third kappa shape index (κ3) is 2.86. The van der Waals surface area contributed by atoms with Crippen molar-refractivity contribution in [1.29, 1.82) is 5.26 Å². The summed E-state index contributed by atoms with van der Waals surface area (Å²) in [6.07, 6.45) is 3.51. The Hall–Kier alpha value is -1.80. The van der Waals surface area contributed by atoms with Crippen molar-refractivity contribution in [2.45, 2.75) is 46.1 Å². The maximum atomic E-state index is 12.3. The second-order valence-electron chi connectivity index (χ2n) is 5.36. The molecule has 1 aromatic rings. The lowest BCUT2D eigenvalue weighted by Crippen LogP contribution is -2.44. The lowest BCUT2D eigenvalue weighted by Gasteiger charge is -2.31. The van der Waals surface area contributed by atoms with Crippen LogP contribution in [0, 0.1) is 25.2 Å². The Morgan fingerprint density at radius 1 is 1.35 bits per heavy atom. The fraction of sp³-hybridized carbons (Fsp3) is 0.600. The van der Waals surface area contributed by atoms with Crippen LogP contribution < -0.4 is 5.32 Å². The molecule has 1 amide bonds. The molecule has 1 aromatic heterocycles. The molecule has 0 bridgehead atoms. The number of carbonyl (C=O) groups is 1. The monoisotopic (exact) mass is 275 g/mol. The molecule has 0 aromatic carbocycles. The van der Waals surface area contributed by atoms with E-state index in [0.29, 0.717) is 11.3 Å². The van der Waals surface area contributed by atoms with Gasteiger partial charge < -0.3 is 4.42 Å². The molecule has 0 radical (unpaired) electrons. The van der Waals surface area contributed by atoms with Crippen molar-refractivity contribution in [3.8, 4) is 6.07 Å². The minimum absolute atomic E-state index is 0.114. The number of hydrogen-bond donors (Lipinski definition) is 1. The van der Waals surface area contributed by atoms with Crippen LogP contribution in [-0.4, -0.2) is 29.9 Å². The molecule has 2 heterocycles. The SMILES string of the molecule is Cc1oc(NC(=O)[C@H](C)N2CCCCC2)c(C#N)c1C. The number of nitrogens with zero attached hydrogens (tertiary/aromatic N) is 2. The average Bonchev–Trinajstić information content (AvgIpc) is 2.73. The van der Waals surface area contributed by atoms with E-state index in [2.05, 4.69) is 16.3 Å². The van der Waals surface area contributed by atoms with Gasteiger partial charge in [0, 0.05) is 5.56 Å². The van der Waals surface area contributed by atoms with Crippen molar-refractivity contribution in [3.05, 3.63) is 16.9 Å². The van der Waals surface area contributed by atoms with E-state index in [4.69, 9.17) is 9.68 Å². The summed E-state index contributed by atoms with van der Waals surface area (Å²) in [4.78, 5) is 14.5. The van der Waals surface area contributed by atoms with Crippen molar-refractivity contribution in [3.63, 3.8) is 0 Å². The Labute approximate surface area is 119 Å². The minimum atomic E-state index is -0.201. The van der Waals surface area contributed by atoms with Gasteiger partial charge in [0.15, 0.2) is 0 Å². The van der Waals surface area contributed by atoms with Gasteiger partial charge in [-0.3, -0.25) is 15.0 Å². The summed E-state index contributed by atoms with van der Waals surface area (Å²) in [5.74, 6) is 0.830. The predicted octanol–water partition coefficient (Wildman–Crippen LogP) is 2.58. The first-order valence-electron chi connectivity index (χ1n) is 7.09. The summed E-state index contributed by atoms with van der Waals surface area (Å²) in [6.45, 7) is 7.42. The first-order valence-corrected chi connectivity index (χ1v) is 7.09. The third-order valence-electron chi connectivity index (χ3n) is 4.05. The highest BCUT2D eigenvalue weighted by atomic mass is 16.4. The first-order chi connectivity index (χ1) is 9.54. The van der Waals surface area contributed by atoms with Gasteiger partial charge in [-0.05, 0) is 46.7 Å². The van der Waals surface area contributed by atoms with Crippen LogP contribution >= 0.6 is 0 Å². The Balaban J connectivity index is 2.08. The zero-order valence-corrected chi connectivity index (χ0v) is 12.3. The summed E-state index contributed by atoms with van der Waals surface area (Å²) in [5, 5.41) is 11.9. The van der Waals surface area contributed by atoms with E-state index >= 15 is 0 Å². The number of furan rings is 1. The molecule has 5 heteroatoms. The summed E-state index contributed by atoms with van der Waals surface area (Å²) in [7, 11) is 0. The molecule has 5 nitrogen and oxygen atoms in total. The minimum Gasteiger partial charge on any atom is -0.444 e. The summed E-state index contributed by atoms with van der Waals surface area (Å²) in [5.41, 5.74) is 1.20. The largest absolute Gasteiger partial charge is 0.444 e. The van der Waals surface area contributed by atoms with E-state index in [1.165, 1.54) is 6.42 Å². The van der Waals surface area contributed by atoms with Crippen LogP contribution in [0.1, 0.15) is 43.1 Å². The molecule has 1 saturated heterocycles. The Morgan fingerprint density at radius 2 is 2.00 bits per heavy atom. The van der Waals surface area contributed by atoms with E-state index in [1.54, 1.807) is 6.92 Å². The van der Waals surface area contributed by atoms with Crippen LogP contribution in [0.3, 0.4) is 0 Å². The molecule has 0 unspecified atom stereocenters. The molecule has 2 rings (SSSR count). The summed E-state index contributed by atoms with van der Waals surface area (Å²) in [6, 6.07) is 1.89. The Kier molecular flexibility index (Phi) is 4.46. The Bertz CT molecular complexity index is 536. The number of likely N-dealkylation sites (tertiary alicyclic amines) is 1. The number of amides is 1. The molecule has 1 aliphatic heterocycles. The number of hydrogen-bond acceptors (Lipinski definition) is 4. The van der Waals surface area contributed by atoms with Crippen molar-refractivity contribution in [1.82, 2.24) is 4.90 Å². The van der Waals surface area contributed by atoms with Crippen LogP contribution in [0.4, 0.5) is 5.88 Å². The van der Waals surface area contributed by atoms with Crippen molar-refractivity contribution in [2.75, 3.05) is 18.4 Å². The molecule has 1 atom stereocenters. The molecule has 1 aliphatic rings. The lowest BCUT2D eigenvalue weighted by atomic mass is 10.1. The molecular formula is C15H21N3O2. The van der Waals surface area contributed by atoms with Gasteiger partial charge in [-0.1, -0.05) is 6.42 Å². The predicted molar refractivity (Wildman–Crippen MR) is 76.4 cm³/mol. The van der Waals surface area contributed by atoms with Crippen molar-refractivity contribution in [2.24, 2.45) is 0 Å². The fourth-order valence-corrected chi connectivity index (χ4v) is 2.54. The molecule has 0 saturated carbocycles. The first kappa shape index (κ1) is 14.6. The fourth-order valence-electron chi connectivity index (χ4n) is 2.54. The van der Waals surface area contributed by atoms with Gasteiger partial charge >= 0.3 is 0 Å². The molecular weight excluding hydrogens is 254 g/mol. The molecule has 20 heavy (non-hydrogen) atoms. The van der Waals surface area contributed by atoms with Crippen LogP contribution in [0.15, 0.2) is 4.42 Å². The van der Waals surface area contributed by atoms with Gasteiger partial charge in [0.25, 0.3) is 0 Å². The van der Waals surface area contributed by atoms with Gasteiger partial charge in [0.1, 0.15) is 17.4 Å². The van der Waals surface area contributed by atoms with Crippen LogP contribution in [-0.2, 0) is 4.79 Å². The second-order valence-corrected chi connectivity index (χ2v) is 5.36. The normalized spacial score (nSPS) is 17.5. The lowest BCUT2D eigenvalue weighted by molar-refractivity contribution is -0.121. The molecule has 1 fully saturated rings. The third-order valence-corrected chi connectivity index (χ3v) is 4.05. The summed E-state index contributed by atoms with van der Waals surface area (Å²) < 4.78 is 5.47. The number of aryl methyl sites for hydroxylation is 1. The van der Waals surface area contributed by atoms with Gasteiger partial charge in [-0.15, -0.1) is 0 Å². The Morgan fingerprint density at radius 3 is 2.60 bits per heavy atom. The number of nitrogens with one attached hydrogen (secondary N) is 1. The molecule has 0 aliphatic carbocycles. The number of carbonyl (C=O) groups excluding carboxylic acids is 1. The van der Waals surface area contributed by atoms with Gasteiger partial charge in [-0.25, -0.2) is 0 Å². The van der Waals surface area contributed by atoms with E-state index < -0.39 is 0 Å². The highest BCUT2D eigenvalue weighted by molar-refractivity contribution is 5.94. The quantitative estimate of drug-likeness (QED) is 0.920. The van der Waals surface area contributed by atoms with Gasteiger partial charge in [0.05, 0.1) is 6.04 Å². The van der Waals surface area contributed by atoms with E-state index in [0.717, 1.165) is 31.5 Å². The van der Waals surface area contributed by atoms with Gasteiger partial charge in [0.2, 0.25) is 11.8 Å². The van der Waals surface area contributed by atoms with Crippen LogP contribution in [0.2, 0.25) is 0 Å². The number of piperidine rings is 1. The van der Waals surface area contributed by atoms with E-state index in [9.17, 15) is 4.79 Å². The molecule has 108 valence electrons. The average molecular weight is 275 g/mol. The van der Waals surface area contributed by atoms with Crippen molar-refractivity contribution < 1.29 is 9.21 Å². The number of rotatable bonds is 3. The smallest absolute Gasteiger partial charge is 0.243 e. The van der Waals surface area contributed by atoms with Crippen LogP contribution in [0.25, 0.3) is 0 Å². The maximum absolute atomic E-state index is 12.3. The zero-order valence-electron chi connectivity index (χ0n) is 12.3. The van der Waals surface area contributed by atoms with Crippen molar-refractivity contribution >= 4 is 11.8 Å². The van der Waals surface area contributed by atoms with Gasteiger partial charge in [-0.2, -0.15) is 5.26 Å². The standard InChI is InChI=1S/C15H21N3O2/c1-10-12(3)20-15(13(10)9-16)17-14(19)11(2)18-7-5-4-6-8-18/h11H,4-8H2,1-3H3,(H,17,19)/t11-/m0/s1. The molecule has 0 spiro atoms. The highest BCUT2D eigenvalue weighted by Crippen LogP contribution is 2.25. The highest BCUT2D eigenvalue weighted by Gasteiger charge is 2.25. The van der Waals surface area contributed by atoms with Crippen LogP contribution in [0.5, 0.6) is 0 Å². The second kappa shape index (κ2) is 6.10.